The molecule has 0 amide bonds. The zero-order valence-corrected chi connectivity index (χ0v) is 17.6. The van der Waals surface area contributed by atoms with Crippen LogP contribution in [0.5, 0.6) is 0 Å². The molecule has 0 bridgehead atoms. The number of benzene rings is 2. The molecule has 1 atom stereocenters. The molecule has 3 aromatic rings. The van der Waals surface area contributed by atoms with Crippen molar-refractivity contribution < 1.29 is 8.91 Å². The van der Waals surface area contributed by atoms with E-state index >= 15 is 0 Å². The first kappa shape index (κ1) is 20.6. The molecule has 0 fully saturated rings. The fourth-order valence-electron chi connectivity index (χ4n) is 3.26. The van der Waals surface area contributed by atoms with Crippen LogP contribution in [0.4, 0.5) is 4.39 Å². The third kappa shape index (κ3) is 4.83. The molecule has 0 aliphatic heterocycles. The minimum absolute atomic E-state index is 0.110. The van der Waals surface area contributed by atoms with Crippen LogP contribution in [0, 0.1) is 5.82 Å². The summed E-state index contributed by atoms with van der Waals surface area (Å²) in [6.45, 7) is 2.40. The Balaban J connectivity index is 1.77. The molecule has 1 heterocycles. The molecule has 2 aromatic carbocycles. The standard InChI is InChI=1S/C23H27FN4O/c1-16(18-11-12-20(21(24)13-18)17-9-7-6-8-10-17)22-14-19(26-29-22)15-25-23(27(2)3)28(4)5/h6-14,16H,15H2,1-5H3. The number of aliphatic imine (C=N–C) groups is 1. The smallest absolute Gasteiger partial charge is 0.195 e. The van der Waals surface area contributed by atoms with Crippen LogP contribution in [0.3, 0.4) is 0 Å². The van der Waals surface area contributed by atoms with Crippen molar-refractivity contribution in [2.24, 2.45) is 4.99 Å². The van der Waals surface area contributed by atoms with Gasteiger partial charge in [0.25, 0.3) is 0 Å². The van der Waals surface area contributed by atoms with Gasteiger partial charge in [0.15, 0.2) is 5.96 Å². The van der Waals surface area contributed by atoms with E-state index in [0.29, 0.717) is 17.9 Å². The zero-order valence-electron chi connectivity index (χ0n) is 17.6. The monoisotopic (exact) mass is 394 g/mol. The summed E-state index contributed by atoms with van der Waals surface area (Å²) >= 11 is 0. The van der Waals surface area contributed by atoms with Crippen LogP contribution in [-0.4, -0.2) is 49.1 Å². The van der Waals surface area contributed by atoms with Gasteiger partial charge in [0, 0.05) is 45.7 Å². The van der Waals surface area contributed by atoms with Crippen molar-refractivity contribution in [3.63, 3.8) is 0 Å². The summed E-state index contributed by atoms with van der Waals surface area (Å²) < 4.78 is 20.2. The molecule has 1 aromatic heterocycles. The largest absolute Gasteiger partial charge is 0.360 e. The molecule has 6 heteroatoms. The van der Waals surface area contributed by atoms with Crippen molar-refractivity contribution in [3.8, 4) is 11.1 Å². The van der Waals surface area contributed by atoms with E-state index in [2.05, 4.69) is 10.1 Å². The number of hydrogen-bond acceptors (Lipinski definition) is 3. The number of aromatic nitrogens is 1. The second kappa shape index (κ2) is 8.90. The highest BCUT2D eigenvalue weighted by Gasteiger charge is 2.17. The van der Waals surface area contributed by atoms with Crippen molar-refractivity contribution in [2.45, 2.75) is 19.4 Å². The quantitative estimate of drug-likeness (QED) is 0.468. The predicted molar refractivity (Wildman–Crippen MR) is 114 cm³/mol. The number of nitrogens with zero attached hydrogens (tertiary/aromatic N) is 4. The van der Waals surface area contributed by atoms with Crippen molar-refractivity contribution in [1.82, 2.24) is 15.0 Å². The molecule has 0 aliphatic rings. The van der Waals surface area contributed by atoms with E-state index in [1.165, 1.54) is 0 Å². The Bertz CT molecular complexity index is 970. The molecule has 0 spiro atoms. The Kier molecular flexibility index (Phi) is 6.32. The zero-order chi connectivity index (χ0) is 21.0. The molecule has 0 saturated carbocycles. The summed E-state index contributed by atoms with van der Waals surface area (Å²) in [6.07, 6.45) is 0. The fraction of sp³-hybridized carbons (Fsp3) is 0.304. The lowest BCUT2D eigenvalue weighted by atomic mass is 9.95. The number of rotatable bonds is 5. The number of halogens is 1. The SMILES string of the molecule is CC(c1ccc(-c2ccccc2)c(F)c1)c1cc(CN=C(N(C)C)N(C)C)no1. The maximum Gasteiger partial charge on any atom is 0.195 e. The highest BCUT2D eigenvalue weighted by Crippen LogP contribution is 2.29. The van der Waals surface area contributed by atoms with Gasteiger partial charge in [0.2, 0.25) is 0 Å². The van der Waals surface area contributed by atoms with Crippen LogP contribution >= 0.6 is 0 Å². The van der Waals surface area contributed by atoms with E-state index < -0.39 is 0 Å². The molecular formula is C23H27FN4O. The molecule has 29 heavy (non-hydrogen) atoms. The van der Waals surface area contributed by atoms with Gasteiger partial charge in [-0.15, -0.1) is 0 Å². The normalized spacial score (nSPS) is 11.8. The molecule has 0 saturated heterocycles. The van der Waals surface area contributed by atoms with Gasteiger partial charge in [-0.05, 0) is 17.2 Å². The average Bonchev–Trinajstić information content (AvgIpc) is 3.16. The molecule has 152 valence electrons. The fourth-order valence-corrected chi connectivity index (χ4v) is 3.26. The van der Waals surface area contributed by atoms with Crippen LogP contribution in [0.1, 0.15) is 29.9 Å². The topological polar surface area (TPSA) is 44.9 Å². The highest BCUT2D eigenvalue weighted by atomic mass is 19.1. The van der Waals surface area contributed by atoms with Gasteiger partial charge in [-0.1, -0.05) is 54.5 Å². The average molecular weight is 394 g/mol. The maximum absolute atomic E-state index is 14.7. The van der Waals surface area contributed by atoms with Gasteiger partial charge in [0.05, 0.1) is 6.54 Å². The lowest BCUT2D eigenvalue weighted by molar-refractivity contribution is 0.370. The lowest BCUT2D eigenvalue weighted by Crippen LogP contribution is -2.35. The van der Waals surface area contributed by atoms with E-state index in [-0.39, 0.29) is 11.7 Å². The van der Waals surface area contributed by atoms with Crippen LogP contribution < -0.4 is 0 Å². The third-order valence-electron chi connectivity index (χ3n) is 4.76. The summed E-state index contributed by atoms with van der Waals surface area (Å²) in [6, 6.07) is 16.8. The number of hydrogen-bond donors (Lipinski definition) is 0. The second-order valence-corrected chi connectivity index (χ2v) is 7.45. The molecule has 1 unspecified atom stereocenters. The lowest BCUT2D eigenvalue weighted by Gasteiger charge is -2.22. The van der Waals surface area contributed by atoms with Gasteiger partial charge >= 0.3 is 0 Å². The van der Waals surface area contributed by atoms with Crippen LogP contribution in [0.2, 0.25) is 0 Å². The Hall–Kier alpha value is -3.15. The second-order valence-electron chi connectivity index (χ2n) is 7.45. The van der Waals surface area contributed by atoms with E-state index in [1.807, 2.05) is 93.4 Å². The summed E-state index contributed by atoms with van der Waals surface area (Å²) in [5.74, 6) is 1.19. The van der Waals surface area contributed by atoms with Crippen LogP contribution in [0.15, 0.2) is 64.1 Å². The van der Waals surface area contributed by atoms with E-state index in [0.717, 1.165) is 22.8 Å². The summed E-state index contributed by atoms with van der Waals surface area (Å²) in [5, 5.41) is 4.13. The van der Waals surface area contributed by atoms with Gasteiger partial charge in [-0.3, -0.25) is 0 Å². The van der Waals surface area contributed by atoms with Crippen molar-refractivity contribution in [3.05, 3.63) is 77.4 Å². The minimum Gasteiger partial charge on any atom is -0.360 e. The molecule has 5 nitrogen and oxygen atoms in total. The van der Waals surface area contributed by atoms with Gasteiger partial charge in [-0.2, -0.15) is 0 Å². The molecule has 0 N–H and O–H groups in total. The Morgan fingerprint density at radius 3 is 2.34 bits per heavy atom. The first-order valence-electron chi connectivity index (χ1n) is 9.56. The summed E-state index contributed by atoms with van der Waals surface area (Å²) in [4.78, 5) is 8.47. The third-order valence-corrected chi connectivity index (χ3v) is 4.76. The predicted octanol–water partition coefficient (Wildman–Crippen LogP) is 4.61. The highest BCUT2D eigenvalue weighted by molar-refractivity contribution is 5.79. The number of guanidine groups is 1. The summed E-state index contributed by atoms with van der Waals surface area (Å²) in [5.41, 5.74) is 3.04. The molecule has 3 rings (SSSR count). The molecular weight excluding hydrogens is 367 g/mol. The van der Waals surface area contributed by atoms with E-state index in [1.54, 1.807) is 6.07 Å². The van der Waals surface area contributed by atoms with Crippen molar-refractivity contribution in [1.29, 1.82) is 0 Å². The van der Waals surface area contributed by atoms with Crippen molar-refractivity contribution in [2.75, 3.05) is 28.2 Å². The summed E-state index contributed by atoms with van der Waals surface area (Å²) in [7, 11) is 7.79. The Morgan fingerprint density at radius 2 is 1.72 bits per heavy atom. The van der Waals surface area contributed by atoms with Crippen LogP contribution in [0.25, 0.3) is 11.1 Å². The van der Waals surface area contributed by atoms with Gasteiger partial charge < -0.3 is 14.3 Å². The van der Waals surface area contributed by atoms with E-state index in [9.17, 15) is 4.39 Å². The Morgan fingerprint density at radius 1 is 1.03 bits per heavy atom. The van der Waals surface area contributed by atoms with Gasteiger partial charge in [0.1, 0.15) is 17.3 Å². The molecule has 0 aliphatic carbocycles. The van der Waals surface area contributed by atoms with Crippen LogP contribution in [-0.2, 0) is 6.54 Å². The molecule has 0 radical (unpaired) electrons. The first-order chi connectivity index (χ1) is 13.9. The maximum atomic E-state index is 14.7. The van der Waals surface area contributed by atoms with Crippen molar-refractivity contribution >= 4 is 5.96 Å². The first-order valence-corrected chi connectivity index (χ1v) is 9.56. The van der Waals surface area contributed by atoms with Gasteiger partial charge in [-0.25, -0.2) is 9.38 Å². The Labute approximate surface area is 171 Å². The minimum atomic E-state index is -0.244. The van der Waals surface area contributed by atoms with E-state index in [4.69, 9.17) is 4.52 Å².